The zero-order valence-corrected chi connectivity index (χ0v) is 7.68. The molecule has 0 radical (unpaired) electrons. The van der Waals surface area contributed by atoms with Crippen LogP contribution >= 0.6 is 0 Å². The Morgan fingerprint density at radius 2 is 2.07 bits per heavy atom. The number of aliphatic hydroxyl groups excluding tert-OH is 2. The molecular formula is C9H14N2O3. The summed E-state index contributed by atoms with van der Waals surface area (Å²) in [6, 6.07) is 4.85. The van der Waals surface area contributed by atoms with Crippen molar-refractivity contribution in [3.8, 4) is 5.75 Å². The van der Waals surface area contributed by atoms with Gasteiger partial charge in [0.1, 0.15) is 18.5 Å². The monoisotopic (exact) mass is 198 g/mol. The highest BCUT2D eigenvalue weighted by molar-refractivity contribution is 5.59. The zero-order valence-electron chi connectivity index (χ0n) is 7.68. The molecule has 0 fully saturated rings. The molecule has 1 atom stereocenters. The lowest BCUT2D eigenvalue weighted by molar-refractivity contribution is 0.0539. The summed E-state index contributed by atoms with van der Waals surface area (Å²) in [4.78, 5) is 0. The predicted molar refractivity (Wildman–Crippen MR) is 53.9 cm³/mol. The first-order valence-corrected chi connectivity index (χ1v) is 4.20. The van der Waals surface area contributed by atoms with E-state index in [-0.39, 0.29) is 13.2 Å². The Morgan fingerprint density at radius 1 is 1.36 bits per heavy atom. The second-order valence-electron chi connectivity index (χ2n) is 2.94. The van der Waals surface area contributed by atoms with Crippen molar-refractivity contribution in [2.24, 2.45) is 0 Å². The molecule has 0 aliphatic carbocycles. The van der Waals surface area contributed by atoms with E-state index in [2.05, 4.69) is 0 Å². The van der Waals surface area contributed by atoms with Crippen LogP contribution < -0.4 is 16.2 Å². The molecule has 0 aliphatic heterocycles. The molecule has 5 heteroatoms. The second-order valence-corrected chi connectivity index (χ2v) is 2.94. The number of hydrogen-bond donors (Lipinski definition) is 4. The molecule has 14 heavy (non-hydrogen) atoms. The van der Waals surface area contributed by atoms with Gasteiger partial charge in [0.15, 0.2) is 0 Å². The van der Waals surface area contributed by atoms with E-state index < -0.39 is 6.10 Å². The molecule has 6 N–H and O–H groups in total. The summed E-state index contributed by atoms with van der Waals surface area (Å²) in [5.41, 5.74) is 12.1. The number of aliphatic hydroxyl groups is 2. The number of nitrogen functional groups attached to an aromatic ring is 2. The standard InChI is InChI=1S/C9H14N2O3/c10-6-1-2-8(11)9(3-6)14-5-7(13)4-12/h1-3,7,12-13H,4-5,10-11H2. The summed E-state index contributed by atoms with van der Waals surface area (Å²) in [6.45, 7) is -0.355. The molecule has 0 saturated heterocycles. The molecule has 0 aliphatic rings. The fourth-order valence-corrected chi connectivity index (χ4v) is 0.915. The average molecular weight is 198 g/mol. The minimum absolute atomic E-state index is 0.00977. The predicted octanol–water partition coefficient (Wildman–Crippen LogP) is -0.417. The highest BCUT2D eigenvalue weighted by Gasteiger charge is 2.05. The Morgan fingerprint density at radius 3 is 2.71 bits per heavy atom. The molecule has 0 spiro atoms. The van der Waals surface area contributed by atoms with Gasteiger partial charge in [-0.3, -0.25) is 0 Å². The van der Waals surface area contributed by atoms with Crippen molar-refractivity contribution in [1.82, 2.24) is 0 Å². The van der Waals surface area contributed by atoms with E-state index in [4.69, 9.17) is 26.4 Å². The van der Waals surface area contributed by atoms with Crippen molar-refractivity contribution < 1.29 is 14.9 Å². The van der Waals surface area contributed by atoms with Crippen LogP contribution in [0, 0.1) is 0 Å². The van der Waals surface area contributed by atoms with Gasteiger partial charge in [0.05, 0.1) is 12.3 Å². The minimum Gasteiger partial charge on any atom is -0.489 e. The van der Waals surface area contributed by atoms with Crippen molar-refractivity contribution in [2.75, 3.05) is 24.7 Å². The second kappa shape index (κ2) is 4.69. The van der Waals surface area contributed by atoms with Crippen LogP contribution in [0.1, 0.15) is 0 Å². The number of benzene rings is 1. The van der Waals surface area contributed by atoms with E-state index in [1.54, 1.807) is 18.2 Å². The normalized spacial score (nSPS) is 12.4. The summed E-state index contributed by atoms with van der Waals surface area (Å²) in [5, 5.41) is 17.6. The highest BCUT2D eigenvalue weighted by Crippen LogP contribution is 2.23. The van der Waals surface area contributed by atoms with E-state index in [1.807, 2.05) is 0 Å². The van der Waals surface area contributed by atoms with Gasteiger partial charge in [0, 0.05) is 11.8 Å². The average Bonchev–Trinajstić information content (AvgIpc) is 2.19. The Labute approximate surface area is 81.9 Å². The first kappa shape index (κ1) is 10.6. The summed E-state index contributed by atoms with van der Waals surface area (Å²) in [7, 11) is 0. The minimum atomic E-state index is -0.907. The van der Waals surface area contributed by atoms with Gasteiger partial charge in [-0.05, 0) is 12.1 Å². The molecule has 5 nitrogen and oxygen atoms in total. The van der Waals surface area contributed by atoms with Gasteiger partial charge in [-0.15, -0.1) is 0 Å². The number of nitrogens with two attached hydrogens (primary N) is 2. The van der Waals surface area contributed by atoms with Crippen LogP contribution in [-0.4, -0.2) is 29.5 Å². The van der Waals surface area contributed by atoms with Gasteiger partial charge in [-0.25, -0.2) is 0 Å². The molecule has 0 bridgehead atoms. The topological polar surface area (TPSA) is 102 Å². The van der Waals surface area contributed by atoms with E-state index in [0.29, 0.717) is 17.1 Å². The van der Waals surface area contributed by atoms with Crippen LogP contribution in [0.5, 0.6) is 5.75 Å². The first-order chi connectivity index (χ1) is 6.63. The van der Waals surface area contributed by atoms with Crippen LogP contribution in [0.15, 0.2) is 18.2 Å². The Hall–Kier alpha value is -1.46. The maximum atomic E-state index is 9.03. The smallest absolute Gasteiger partial charge is 0.144 e. The van der Waals surface area contributed by atoms with Gasteiger partial charge < -0.3 is 26.4 Å². The maximum absolute atomic E-state index is 9.03. The van der Waals surface area contributed by atoms with E-state index in [1.165, 1.54) is 0 Å². The fraction of sp³-hybridized carbons (Fsp3) is 0.333. The first-order valence-electron chi connectivity index (χ1n) is 4.20. The van der Waals surface area contributed by atoms with Crippen LogP contribution in [0.25, 0.3) is 0 Å². The van der Waals surface area contributed by atoms with Crippen molar-refractivity contribution in [3.05, 3.63) is 18.2 Å². The highest BCUT2D eigenvalue weighted by atomic mass is 16.5. The van der Waals surface area contributed by atoms with Gasteiger partial charge in [-0.2, -0.15) is 0 Å². The molecule has 0 amide bonds. The number of ether oxygens (including phenoxy) is 1. The number of rotatable bonds is 4. The third-order valence-electron chi connectivity index (χ3n) is 1.68. The third kappa shape index (κ3) is 2.79. The SMILES string of the molecule is Nc1ccc(N)c(OCC(O)CO)c1. The molecular weight excluding hydrogens is 184 g/mol. The molecule has 78 valence electrons. The lowest BCUT2D eigenvalue weighted by atomic mass is 10.2. The van der Waals surface area contributed by atoms with Crippen LogP contribution in [0.4, 0.5) is 11.4 Å². The summed E-state index contributed by atoms with van der Waals surface area (Å²) < 4.78 is 5.16. The fourth-order valence-electron chi connectivity index (χ4n) is 0.915. The van der Waals surface area contributed by atoms with Crippen molar-refractivity contribution in [1.29, 1.82) is 0 Å². The van der Waals surface area contributed by atoms with Gasteiger partial charge in [0.25, 0.3) is 0 Å². The zero-order chi connectivity index (χ0) is 10.6. The van der Waals surface area contributed by atoms with E-state index in [9.17, 15) is 0 Å². The van der Waals surface area contributed by atoms with Gasteiger partial charge in [0.2, 0.25) is 0 Å². The molecule has 0 saturated carbocycles. The molecule has 1 rings (SSSR count). The summed E-state index contributed by atoms with van der Waals surface area (Å²) in [6.07, 6.45) is -0.907. The largest absolute Gasteiger partial charge is 0.489 e. The summed E-state index contributed by atoms with van der Waals surface area (Å²) in [5.74, 6) is 0.414. The Kier molecular flexibility index (Phi) is 3.55. The van der Waals surface area contributed by atoms with Gasteiger partial charge >= 0.3 is 0 Å². The van der Waals surface area contributed by atoms with Crippen LogP contribution in [0.2, 0.25) is 0 Å². The molecule has 0 heterocycles. The van der Waals surface area contributed by atoms with Crippen molar-refractivity contribution in [2.45, 2.75) is 6.10 Å². The Bertz CT molecular complexity index is 304. The summed E-state index contributed by atoms with van der Waals surface area (Å²) >= 11 is 0. The molecule has 0 aromatic heterocycles. The molecule has 1 unspecified atom stereocenters. The quantitative estimate of drug-likeness (QED) is 0.492. The third-order valence-corrected chi connectivity index (χ3v) is 1.68. The lowest BCUT2D eigenvalue weighted by Gasteiger charge is -2.11. The maximum Gasteiger partial charge on any atom is 0.144 e. The molecule has 1 aromatic rings. The van der Waals surface area contributed by atoms with Crippen LogP contribution in [-0.2, 0) is 0 Å². The van der Waals surface area contributed by atoms with Crippen molar-refractivity contribution in [3.63, 3.8) is 0 Å². The van der Waals surface area contributed by atoms with Crippen molar-refractivity contribution >= 4 is 11.4 Å². The number of anilines is 2. The van der Waals surface area contributed by atoms with E-state index in [0.717, 1.165) is 0 Å². The van der Waals surface area contributed by atoms with Crippen LogP contribution in [0.3, 0.4) is 0 Å². The molecule has 1 aromatic carbocycles. The van der Waals surface area contributed by atoms with Gasteiger partial charge in [-0.1, -0.05) is 0 Å². The Balaban J connectivity index is 2.62. The van der Waals surface area contributed by atoms with E-state index >= 15 is 0 Å². The number of hydrogen-bond acceptors (Lipinski definition) is 5. The lowest BCUT2D eigenvalue weighted by Crippen LogP contribution is -2.21.